The van der Waals surface area contributed by atoms with E-state index < -0.39 is 72.8 Å². The highest BCUT2D eigenvalue weighted by Gasteiger charge is 2.31. The summed E-state index contributed by atoms with van der Waals surface area (Å²) in [5.74, 6) is -6.48. The van der Waals surface area contributed by atoms with Crippen LogP contribution in [-0.2, 0) is 35.2 Å². The van der Waals surface area contributed by atoms with Crippen LogP contribution in [0.4, 0.5) is 0 Å². The molecule has 10 N–H and O–H groups in total. The molecule has 1 rings (SSSR count). The Morgan fingerprint density at radius 2 is 1.37 bits per heavy atom. The van der Waals surface area contributed by atoms with E-state index in [4.69, 9.17) is 16.6 Å². The van der Waals surface area contributed by atoms with Gasteiger partial charge in [-0.3, -0.25) is 24.0 Å². The van der Waals surface area contributed by atoms with Gasteiger partial charge in [-0.25, -0.2) is 4.79 Å². The van der Waals surface area contributed by atoms with Gasteiger partial charge in [0, 0.05) is 12.8 Å². The lowest BCUT2D eigenvalue weighted by atomic mass is 10.0. The lowest BCUT2D eigenvalue weighted by Crippen LogP contribution is -2.58. The highest BCUT2D eigenvalue weighted by Crippen LogP contribution is 2.06. The maximum absolute atomic E-state index is 12.8. The lowest BCUT2D eigenvalue weighted by Gasteiger charge is -2.24. The minimum Gasteiger partial charge on any atom is -0.481 e. The second-order valence-electron chi connectivity index (χ2n) is 7.60. The maximum Gasteiger partial charge on any atom is 0.326 e. The van der Waals surface area contributed by atoms with Crippen molar-refractivity contribution in [1.29, 1.82) is 0 Å². The van der Waals surface area contributed by atoms with E-state index in [-0.39, 0.29) is 19.3 Å². The highest BCUT2D eigenvalue weighted by molar-refractivity contribution is 5.95. The monoisotopic (exact) mass is 495 g/mol. The SMILES string of the molecule is NC(=O)CC(NC(=O)C(Cc1ccccc1)NC(=O)C(CO)NC(=O)C(N)CCC(=O)O)C(=O)O. The molecule has 0 saturated carbocycles. The van der Waals surface area contributed by atoms with Crippen LogP contribution in [0.5, 0.6) is 0 Å². The molecule has 0 aliphatic heterocycles. The van der Waals surface area contributed by atoms with Crippen LogP contribution < -0.4 is 27.4 Å². The van der Waals surface area contributed by atoms with E-state index in [1.54, 1.807) is 30.3 Å². The van der Waals surface area contributed by atoms with Crippen LogP contribution in [-0.4, -0.2) is 81.7 Å². The summed E-state index contributed by atoms with van der Waals surface area (Å²) in [6.07, 6.45) is -1.38. The lowest BCUT2D eigenvalue weighted by molar-refractivity contribution is -0.143. The van der Waals surface area contributed by atoms with Crippen molar-refractivity contribution in [3.05, 3.63) is 35.9 Å². The van der Waals surface area contributed by atoms with Crippen molar-refractivity contribution in [2.45, 2.75) is 49.9 Å². The number of aliphatic hydroxyl groups is 1. The van der Waals surface area contributed by atoms with E-state index >= 15 is 0 Å². The quantitative estimate of drug-likeness (QED) is 0.121. The molecule has 14 nitrogen and oxygen atoms in total. The van der Waals surface area contributed by atoms with Gasteiger partial charge in [0.1, 0.15) is 18.1 Å². The van der Waals surface area contributed by atoms with E-state index in [9.17, 15) is 39.0 Å². The van der Waals surface area contributed by atoms with Gasteiger partial charge in [0.2, 0.25) is 23.6 Å². The zero-order chi connectivity index (χ0) is 26.5. The Morgan fingerprint density at radius 1 is 0.829 bits per heavy atom. The molecule has 0 radical (unpaired) electrons. The molecule has 35 heavy (non-hydrogen) atoms. The highest BCUT2D eigenvalue weighted by atomic mass is 16.4. The number of carbonyl (C=O) groups is 6. The summed E-state index contributed by atoms with van der Waals surface area (Å²) in [7, 11) is 0. The van der Waals surface area contributed by atoms with Crippen molar-refractivity contribution in [2.24, 2.45) is 11.5 Å². The first-order valence-electron chi connectivity index (χ1n) is 10.5. The van der Waals surface area contributed by atoms with Crippen molar-refractivity contribution in [2.75, 3.05) is 6.61 Å². The first kappa shape index (κ1) is 29.0. The summed E-state index contributed by atoms with van der Waals surface area (Å²) in [5.41, 5.74) is 11.2. The molecule has 0 aliphatic carbocycles. The molecule has 192 valence electrons. The third-order valence-corrected chi connectivity index (χ3v) is 4.76. The number of aliphatic carboxylic acids is 2. The van der Waals surface area contributed by atoms with Crippen LogP contribution >= 0.6 is 0 Å². The van der Waals surface area contributed by atoms with Gasteiger partial charge in [0.05, 0.1) is 19.1 Å². The van der Waals surface area contributed by atoms with Crippen molar-refractivity contribution in [3.8, 4) is 0 Å². The van der Waals surface area contributed by atoms with Crippen LogP contribution in [0.25, 0.3) is 0 Å². The van der Waals surface area contributed by atoms with E-state index in [0.717, 1.165) is 0 Å². The Labute approximate surface area is 200 Å². The molecule has 4 unspecified atom stereocenters. The number of rotatable bonds is 15. The summed E-state index contributed by atoms with van der Waals surface area (Å²) in [6, 6.07) is 2.57. The molecule has 0 fully saturated rings. The standard InChI is InChI=1S/C21H29N5O9/c22-12(6-7-17(29)30)18(31)26-15(10-27)20(33)24-13(8-11-4-2-1-3-5-11)19(32)25-14(21(34)35)9-16(23)28/h1-5,12-15,27H,6-10,22H2,(H2,23,28)(H,24,33)(H,25,32)(H,26,31)(H,29,30)(H,34,35). The van der Waals surface area contributed by atoms with E-state index in [0.29, 0.717) is 5.56 Å². The summed E-state index contributed by atoms with van der Waals surface area (Å²) in [6.45, 7) is -0.873. The molecule has 0 heterocycles. The first-order valence-corrected chi connectivity index (χ1v) is 10.5. The minimum absolute atomic E-state index is 0.0917. The number of hydrogen-bond acceptors (Lipinski definition) is 8. The predicted molar refractivity (Wildman–Crippen MR) is 119 cm³/mol. The van der Waals surface area contributed by atoms with E-state index in [1.165, 1.54) is 0 Å². The van der Waals surface area contributed by atoms with Crippen LogP contribution in [0.1, 0.15) is 24.8 Å². The minimum atomic E-state index is -1.64. The molecule has 1 aromatic carbocycles. The Balaban J connectivity index is 2.99. The van der Waals surface area contributed by atoms with Gasteiger partial charge < -0.3 is 42.7 Å². The van der Waals surface area contributed by atoms with Gasteiger partial charge in [-0.1, -0.05) is 30.3 Å². The zero-order valence-electron chi connectivity index (χ0n) is 18.7. The number of aliphatic hydroxyl groups excluding tert-OH is 1. The number of hydrogen-bond donors (Lipinski definition) is 8. The third kappa shape index (κ3) is 10.6. The fourth-order valence-corrected chi connectivity index (χ4v) is 2.89. The topological polar surface area (TPSA) is 251 Å². The normalized spacial score (nSPS) is 14.0. The van der Waals surface area contributed by atoms with Gasteiger partial charge in [0.15, 0.2) is 0 Å². The Kier molecular flexibility index (Phi) is 11.8. The molecule has 0 spiro atoms. The summed E-state index contributed by atoms with van der Waals surface area (Å²) in [4.78, 5) is 70.8. The van der Waals surface area contributed by atoms with Crippen molar-refractivity contribution >= 4 is 35.6 Å². The second-order valence-corrected chi connectivity index (χ2v) is 7.60. The van der Waals surface area contributed by atoms with Crippen molar-refractivity contribution < 1.29 is 44.1 Å². The number of primary amides is 1. The van der Waals surface area contributed by atoms with Crippen LogP contribution in [0, 0.1) is 0 Å². The number of carboxylic acids is 2. The average molecular weight is 495 g/mol. The molecule has 4 atom stereocenters. The van der Waals surface area contributed by atoms with Gasteiger partial charge in [-0.2, -0.15) is 0 Å². The summed E-state index contributed by atoms with van der Waals surface area (Å²) < 4.78 is 0. The van der Waals surface area contributed by atoms with Gasteiger partial charge in [-0.05, 0) is 12.0 Å². The van der Waals surface area contributed by atoms with Gasteiger partial charge in [-0.15, -0.1) is 0 Å². The maximum atomic E-state index is 12.8. The Bertz CT molecular complexity index is 925. The van der Waals surface area contributed by atoms with Gasteiger partial charge >= 0.3 is 11.9 Å². The largest absolute Gasteiger partial charge is 0.481 e. The number of carboxylic acid groups (broad SMARTS) is 2. The van der Waals surface area contributed by atoms with Crippen LogP contribution in [0.15, 0.2) is 30.3 Å². The smallest absolute Gasteiger partial charge is 0.326 e. The number of nitrogens with two attached hydrogens (primary N) is 2. The zero-order valence-corrected chi connectivity index (χ0v) is 18.7. The van der Waals surface area contributed by atoms with Crippen LogP contribution in [0.3, 0.4) is 0 Å². The van der Waals surface area contributed by atoms with Gasteiger partial charge in [0.25, 0.3) is 0 Å². The number of carbonyl (C=O) groups excluding carboxylic acids is 4. The van der Waals surface area contributed by atoms with Crippen LogP contribution in [0.2, 0.25) is 0 Å². The molecule has 0 saturated heterocycles. The number of nitrogens with one attached hydrogen (secondary N) is 3. The molecule has 0 bridgehead atoms. The molecular weight excluding hydrogens is 466 g/mol. The fraction of sp³-hybridized carbons (Fsp3) is 0.429. The Hall–Kier alpha value is -4.04. The number of benzene rings is 1. The van der Waals surface area contributed by atoms with Crippen molar-refractivity contribution in [3.63, 3.8) is 0 Å². The third-order valence-electron chi connectivity index (χ3n) is 4.76. The molecule has 0 aromatic heterocycles. The molecular formula is C21H29N5O9. The summed E-state index contributed by atoms with van der Waals surface area (Å²) >= 11 is 0. The first-order chi connectivity index (χ1) is 16.4. The summed E-state index contributed by atoms with van der Waals surface area (Å²) in [5, 5.41) is 34.1. The molecule has 14 heteroatoms. The second kappa shape index (κ2) is 14.3. The molecule has 4 amide bonds. The van der Waals surface area contributed by atoms with E-state index in [2.05, 4.69) is 16.0 Å². The Morgan fingerprint density at radius 3 is 1.89 bits per heavy atom. The van der Waals surface area contributed by atoms with Crippen molar-refractivity contribution in [1.82, 2.24) is 16.0 Å². The predicted octanol–water partition coefficient (Wildman–Crippen LogP) is -3.17. The number of amides is 4. The molecule has 1 aromatic rings. The fourth-order valence-electron chi connectivity index (χ4n) is 2.89. The molecule has 0 aliphatic rings. The average Bonchev–Trinajstić information content (AvgIpc) is 2.79. The van der Waals surface area contributed by atoms with E-state index in [1.807, 2.05) is 0 Å².